The van der Waals surface area contributed by atoms with Gasteiger partial charge in [0.15, 0.2) is 0 Å². The molecule has 4 nitrogen and oxygen atoms in total. The van der Waals surface area contributed by atoms with Gasteiger partial charge >= 0.3 is 0 Å². The van der Waals surface area contributed by atoms with Crippen molar-refractivity contribution in [2.24, 2.45) is 0 Å². The molecule has 1 aliphatic heterocycles. The molecule has 0 amide bonds. The predicted octanol–water partition coefficient (Wildman–Crippen LogP) is 2.66. The van der Waals surface area contributed by atoms with Crippen molar-refractivity contribution in [2.45, 2.75) is 58.2 Å². The number of likely N-dealkylation sites (tertiary alicyclic amines) is 1. The van der Waals surface area contributed by atoms with Crippen LogP contribution in [0.25, 0.3) is 0 Å². The summed E-state index contributed by atoms with van der Waals surface area (Å²) in [5.41, 5.74) is 0.634. The molecule has 17 heavy (non-hydrogen) atoms. The zero-order valence-electron chi connectivity index (χ0n) is 10.9. The van der Waals surface area contributed by atoms with Crippen LogP contribution in [-0.2, 0) is 0 Å². The molecule has 0 saturated carbocycles. The van der Waals surface area contributed by atoms with Crippen molar-refractivity contribution < 1.29 is 9.52 Å². The van der Waals surface area contributed by atoms with Gasteiger partial charge in [0.2, 0.25) is 5.89 Å². The summed E-state index contributed by atoms with van der Waals surface area (Å²) in [5, 5.41) is 9.47. The number of piperidine rings is 1. The molecule has 0 aliphatic carbocycles. The van der Waals surface area contributed by atoms with Crippen molar-refractivity contribution in [3.8, 4) is 0 Å². The SMILES string of the molecule is CC(O)c1coc(C2CCCCN2C(C)C)n1. The Kier molecular flexibility index (Phi) is 3.84. The molecule has 1 fully saturated rings. The maximum Gasteiger partial charge on any atom is 0.211 e. The molecule has 4 heteroatoms. The average molecular weight is 238 g/mol. The second-order valence-electron chi connectivity index (χ2n) is 5.13. The van der Waals surface area contributed by atoms with E-state index < -0.39 is 6.10 Å². The first kappa shape index (κ1) is 12.6. The number of nitrogens with zero attached hydrogens (tertiary/aromatic N) is 2. The van der Waals surface area contributed by atoms with Crippen molar-refractivity contribution in [2.75, 3.05) is 6.54 Å². The summed E-state index contributed by atoms with van der Waals surface area (Å²) in [5.74, 6) is 0.759. The smallest absolute Gasteiger partial charge is 0.211 e. The van der Waals surface area contributed by atoms with E-state index in [2.05, 4.69) is 23.7 Å². The number of oxazole rings is 1. The molecule has 1 aromatic heterocycles. The molecule has 96 valence electrons. The summed E-state index contributed by atoms with van der Waals surface area (Å²) >= 11 is 0. The Morgan fingerprint density at radius 2 is 2.18 bits per heavy atom. The predicted molar refractivity (Wildman–Crippen MR) is 65.6 cm³/mol. The Hall–Kier alpha value is -0.870. The monoisotopic (exact) mass is 238 g/mol. The standard InChI is InChI=1S/C13H22N2O2/c1-9(2)15-7-5-4-6-12(15)13-14-11(8-17-13)10(3)16/h8-10,12,16H,4-7H2,1-3H3. The quantitative estimate of drug-likeness (QED) is 0.879. The molecule has 2 rings (SSSR count). The number of hydrogen-bond acceptors (Lipinski definition) is 4. The van der Waals surface area contributed by atoms with Gasteiger partial charge in [-0.3, -0.25) is 4.90 Å². The Labute approximate surface area is 103 Å². The van der Waals surface area contributed by atoms with Crippen molar-refractivity contribution >= 4 is 0 Å². The molecule has 0 spiro atoms. The number of aromatic nitrogens is 1. The van der Waals surface area contributed by atoms with Gasteiger partial charge in [0.25, 0.3) is 0 Å². The fourth-order valence-electron chi connectivity index (χ4n) is 2.48. The van der Waals surface area contributed by atoms with Crippen LogP contribution in [0.2, 0.25) is 0 Å². The number of aliphatic hydroxyl groups excluding tert-OH is 1. The first-order chi connectivity index (χ1) is 8.09. The number of rotatable bonds is 3. The van der Waals surface area contributed by atoms with Crippen LogP contribution in [0.1, 0.15) is 63.8 Å². The Balaban J connectivity index is 2.17. The minimum absolute atomic E-state index is 0.274. The summed E-state index contributed by atoms with van der Waals surface area (Å²) < 4.78 is 5.53. The van der Waals surface area contributed by atoms with Gasteiger partial charge in [-0.05, 0) is 40.2 Å². The summed E-state index contributed by atoms with van der Waals surface area (Å²) in [6, 6.07) is 0.776. The second-order valence-corrected chi connectivity index (χ2v) is 5.13. The summed E-state index contributed by atoms with van der Waals surface area (Å²) in [7, 11) is 0. The number of hydrogen-bond donors (Lipinski definition) is 1. The van der Waals surface area contributed by atoms with Gasteiger partial charge in [-0.15, -0.1) is 0 Å². The molecule has 2 atom stereocenters. The summed E-state index contributed by atoms with van der Waals surface area (Å²) in [6.07, 6.45) is 4.59. The lowest BCUT2D eigenvalue weighted by atomic mass is 10.0. The van der Waals surface area contributed by atoms with E-state index in [1.807, 2.05) is 0 Å². The zero-order chi connectivity index (χ0) is 12.4. The topological polar surface area (TPSA) is 49.5 Å². The highest BCUT2D eigenvalue weighted by atomic mass is 16.3. The molecular weight excluding hydrogens is 216 g/mol. The van der Waals surface area contributed by atoms with Crippen LogP contribution in [0.4, 0.5) is 0 Å². The number of aliphatic hydroxyl groups is 1. The van der Waals surface area contributed by atoms with Gasteiger partial charge < -0.3 is 9.52 Å². The minimum atomic E-state index is -0.552. The molecule has 0 bridgehead atoms. The molecular formula is C13H22N2O2. The fourth-order valence-corrected chi connectivity index (χ4v) is 2.48. The van der Waals surface area contributed by atoms with Gasteiger partial charge in [0.05, 0.1) is 12.1 Å². The van der Waals surface area contributed by atoms with Gasteiger partial charge in [-0.2, -0.15) is 0 Å². The van der Waals surface area contributed by atoms with Crippen molar-refractivity contribution in [1.29, 1.82) is 0 Å². The van der Waals surface area contributed by atoms with E-state index in [1.54, 1.807) is 13.2 Å². The normalized spacial score (nSPS) is 24.2. The van der Waals surface area contributed by atoms with Crippen LogP contribution >= 0.6 is 0 Å². The van der Waals surface area contributed by atoms with Crippen molar-refractivity contribution in [1.82, 2.24) is 9.88 Å². The average Bonchev–Trinajstić information content (AvgIpc) is 2.78. The van der Waals surface area contributed by atoms with E-state index in [-0.39, 0.29) is 6.04 Å². The van der Waals surface area contributed by atoms with Gasteiger partial charge in [-0.1, -0.05) is 6.42 Å². The molecule has 1 aromatic rings. The molecule has 1 aliphatic rings. The molecule has 1 saturated heterocycles. The van der Waals surface area contributed by atoms with Crippen molar-refractivity contribution in [3.63, 3.8) is 0 Å². The van der Waals surface area contributed by atoms with E-state index in [1.165, 1.54) is 12.8 Å². The lowest BCUT2D eigenvalue weighted by Gasteiger charge is -2.36. The van der Waals surface area contributed by atoms with E-state index >= 15 is 0 Å². The van der Waals surface area contributed by atoms with Crippen molar-refractivity contribution in [3.05, 3.63) is 17.8 Å². The minimum Gasteiger partial charge on any atom is -0.447 e. The summed E-state index contributed by atoms with van der Waals surface area (Å²) in [6.45, 7) is 7.23. The Morgan fingerprint density at radius 1 is 1.41 bits per heavy atom. The zero-order valence-corrected chi connectivity index (χ0v) is 10.9. The van der Waals surface area contributed by atoms with Crippen LogP contribution < -0.4 is 0 Å². The highest BCUT2D eigenvalue weighted by molar-refractivity contribution is 5.03. The summed E-state index contributed by atoms with van der Waals surface area (Å²) in [4.78, 5) is 6.84. The maximum absolute atomic E-state index is 9.47. The van der Waals surface area contributed by atoms with Gasteiger partial charge in [-0.25, -0.2) is 4.98 Å². The van der Waals surface area contributed by atoms with E-state index in [0.29, 0.717) is 11.7 Å². The maximum atomic E-state index is 9.47. The van der Waals surface area contributed by atoms with Crippen LogP contribution in [0.15, 0.2) is 10.7 Å². The van der Waals surface area contributed by atoms with E-state index in [0.717, 1.165) is 18.9 Å². The molecule has 0 aromatic carbocycles. The molecule has 2 heterocycles. The lowest BCUT2D eigenvalue weighted by molar-refractivity contribution is 0.0924. The van der Waals surface area contributed by atoms with Gasteiger partial charge in [0, 0.05) is 6.04 Å². The first-order valence-corrected chi connectivity index (χ1v) is 6.48. The first-order valence-electron chi connectivity index (χ1n) is 6.48. The highest BCUT2D eigenvalue weighted by Crippen LogP contribution is 2.32. The lowest BCUT2D eigenvalue weighted by Crippen LogP contribution is -2.38. The highest BCUT2D eigenvalue weighted by Gasteiger charge is 2.29. The molecule has 2 unspecified atom stereocenters. The van der Waals surface area contributed by atoms with Crippen LogP contribution in [0, 0.1) is 0 Å². The van der Waals surface area contributed by atoms with E-state index in [9.17, 15) is 5.11 Å². The van der Waals surface area contributed by atoms with Gasteiger partial charge in [0.1, 0.15) is 12.0 Å². The third-order valence-corrected chi connectivity index (χ3v) is 3.46. The van der Waals surface area contributed by atoms with E-state index in [4.69, 9.17) is 4.42 Å². The van der Waals surface area contributed by atoms with Crippen LogP contribution in [0.3, 0.4) is 0 Å². The molecule has 0 radical (unpaired) electrons. The fraction of sp³-hybridized carbons (Fsp3) is 0.769. The molecule has 1 N–H and O–H groups in total. The van der Waals surface area contributed by atoms with Crippen LogP contribution in [0.5, 0.6) is 0 Å². The Morgan fingerprint density at radius 3 is 2.76 bits per heavy atom. The largest absolute Gasteiger partial charge is 0.447 e. The van der Waals surface area contributed by atoms with Crippen LogP contribution in [-0.4, -0.2) is 27.6 Å². The second kappa shape index (κ2) is 5.19. The third-order valence-electron chi connectivity index (χ3n) is 3.46. The third kappa shape index (κ3) is 2.69. The Bertz CT molecular complexity index is 360.